The third kappa shape index (κ3) is 9.83. The number of halogens is 4. The normalized spacial score (nSPS) is 15.6. The Kier molecular flexibility index (Phi) is 12.9. The molecule has 9 nitrogen and oxygen atoms in total. The Labute approximate surface area is 385 Å². The van der Waals surface area contributed by atoms with Crippen molar-refractivity contribution >= 4 is 75.1 Å². The summed E-state index contributed by atoms with van der Waals surface area (Å²) >= 11 is 24.9. The van der Waals surface area contributed by atoms with Crippen molar-refractivity contribution in [2.45, 2.75) is 12.5 Å². The Hall–Kier alpha value is -6.36. The number of para-hydroxylation sites is 1. The highest BCUT2D eigenvalue weighted by molar-refractivity contribution is 6.31. The Morgan fingerprint density at radius 2 is 0.810 bits per heavy atom. The molecule has 0 aromatic heterocycles. The van der Waals surface area contributed by atoms with E-state index in [-0.39, 0.29) is 0 Å². The summed E-state index contributed by atoms with van der Waals surface area (Å²) in [5.74, 6) is 2.82. The summed E-state index contributed by atoms with van der Waals surface area (Å²) < 4.78 is 12.6. The van der Waals surface area contributed by atoms with E-state index in [1.807, 2.05) is 174 Å². The van der Waals surface area contributed by atoms with Crippen molar-refractivity contribution in [2.75, 3.05) is 41.0 Å². The molecule has 2 heterocycles. The minimum Gasteiger partial charge on any atom is -0.492 e. The molecule has 9 rings (SSSR count). The van der Waals surface area contributed by atoms with Gasteiger partial charge in [-0.25, -0.2) is 0 Å². The first-order chi connectivity index (χ1) is 30.9. The summed E-state index contributed by atoms with van der Waals surface area (Å²) in [6, 6.07) is 56.3. The van der Waals surface area contributed by atoms with Crippen LogP contribution in [0.4, 0.5) is 17.1 Å². The lowest BCUT2D eigenvalue weighted by atomic mass is 10.1. The number of benzene rings is 7. The summed E-state index contributed by atoms with van der Waals surface area (Å²) in [5.41, 5.74) is 6.42. The van der Waals surface area contributed by atoms with Crippen LogP contribution < -0.4 is 24.2 Å². The molecule has 2 aliphatic heterocycles. The van der Waals surface area contributed by atoms with Gasteiger partial charge < -0.3 is 24.0 Å². The van der Waals surface area contributed by atoms with Crippen LogP contribution in [0.15, 0.2) is 186 Å². The highest BCUT2D eigenvalue weighted by Gasteiger charge is 2.35. The standard InChI is InChI=1S/C50H39Cl4N5O4/c51-38-14-6-34(7-15-38)47-55-62-49(58(47)43-22-18-40(53)19-23-43)36-10-26-45(27-11-36)60-32-30-57(42-4-2-1-3-5-42)31-33-61-46-28-12-37(13-29-46)50-59(44-24-20-41(54)21-25-44)48(56-63-50)35-8-16-39(52)17-9-35/h1-29,49-50H,30-33H2. The van der Waals surface area contributed by atoms with Crippen LogP contribution in [0.25, 0.3) is 0 Å². The number of ether oxygens (including phenoxy) is 2. The molecule has 2 atom stereocenters. The van der Waals surface area contributed by atoms with Crippen LogP contribution in [0.5, 0.6) is 11.5 Å². The summed E-state index contributed by atoms with van der Waals surface area (Å²) in [6.07, 6.45) is -1.00. The molecule has 0 spiro atoms. The predicted molar refractivity (Wildman–Crippen MR) is 254 cm³/mol. The highest BCUT2D eigenvalue weighted by Crippen LogP contribution is 2.38. The topological polar surface area (TPSA) is 71.4 Å². The van der Waals surface area contributed by atoms with E-state index in [9.17, 15) is 0 Å². The molecule has 63 heavy (non-hydrogen) atoms. The number of anilines is 3. The van der Waals surface area contributed by atoms with Crippen molar-refractivity contribution in [1.29, 1.82) is 0 Å². The van der Waals surface area contributed by atoms with E-state index in [0.717, 1.165) is 50.8 Å². The third-order valence-electron chi connectivity index (χ3n) is 10.5. The Balaban J connectivity index is 0.823. The molecule has 0 saturated carbocycles. The first-order valence-corrected chi connectivity index (χ1v) is 21.7. The van der Waals surface area contributed by atoms with Gasteiger partial charge in [0.15, 0.2) is 11.7 Å². The molecule has 2 unspecified atom stereocenters. The molecular formula is C50H39Cl4N5O4. The highest BCUT2D eigenvalue weighted by atomic mass is 35.5. The minimum absolute atomic E-state index is 0.454. The zero-order valence-corrected chi connectivity index (χ0v) is 36.6. The third-order valence-corrected chi connectivity index (χ3v) is 11.5. The monoisotopic (exact) mass is 913 g/mol. The lowest BCUT2D eigenvalue weighted by molar-refractivity contribution is 0.0867. The molecule has 0 amide bonds. The molecule has 0 aliphatic carbocycles. The quantitative estimate of drug-likeness (QED) is 0.101. The first-order valence-electron chi connectivity index (χ1n) is 20.2. The smallest absolute Gasteiger partial charge is 0.231 e. The van der Waals surface area contributed by atoms with Gasteiger partial charge in [-0.3, -0.25) is 9.80 Å². The summed E-state index contributed by atoms with van der Waals surface area (Å²) in [6.45, 7) is 2.18. The van der Waals surface area contributed by atoms with E-state index < -0.39 is 12.5 Å². The maximum atomic E-state index is 6.29. The van der Waals surface area contributed by atoms with Gasteiger partial charge in [0.2, 0.25) is 12.5 Å². The van der Waals surface area contributed by atoms with Gasteiger partial charge in [0.05, 0.1) is 13.1 Å². The van der Waals surface area contributed by atoms with E-state index in [2.05, 4.69) is 27.3 Å². The van der Waals surface area contributed by atoms with E-state index in [1.165, 1.54) is 0 Å². The number of nitrogens with zero attached hydrogens (tertiary/aromatic N) is 5. The largest absolute Gasteiger partial charge is 0.492 e. The van der Waals surface area contributed by atoms with Crippen molar-refractivity contribution in [3.05, 3.63) is 218 Å². The zero-order chi connectivity index (χ0) is 43.1. The zero-order valence-electron chi connectivity index (χ0n) is 33.6. The van der Waals surface area contributed by atoms with Gasteiger partial charge in [0.25, 0.3) is 0 Å². The van der Waals surface area contributed by atoms with Crippen LogP contribution in [-0.2, 0) is 9.68 Å². The van der Waals surface area contributed by atoms with Gasteiger partial charge in [0, 0.05) is 59.4 Å². The molecule has 0 fully saturated rings. The van der Waals surface area contributed by atoms with Crippen molar-refractivity contribution in [3.8, 4) is 11.5 Å². The number of oxime groups is 2. The summed E-state index contributed by atoms with van der Waals surface area (Å²) in [7, 11) is 0. The Morgan fingerprint density at radius 3 is 1.19 bits per heavy atom. The van der Waals surface area contributed by atoms with Crippen LogP contribution in [0, 0.1) is 0 Å². The maximum absolute atomic E-state index is 6.29. The molecule has 0 bridgehead atoms. The van der Waals surface area contributed by atoms with E-state index in [0.29, 0.717) is 58.1 Å². The fourth-order valence-corrected chi connectivity index (χ4v) is 7.84. The summed E-state index contributed by atoms with van der Waals surface area (Å²) in [5, 5.41) is 11.6. The van der Waals surface area contributed by atoms with Crippen molar-refractivity contribution in [2.24, 2.45) is 10.3 Å². The van der Waals surface area contributed by atoms with Crippen LogP contribution in [-0.4, -0.2) is 38.0 Å². The van der Waals surface area contributed by atoms with Crippen molar-refractivity contribution in [1.82, 2.24) is 0 Å². The van der Waals surface area contributed by atoms with E-state index >= 15 is 0 Å². The van der Waals surface area contributed by atoms with Crippen LogP contribution in [0.2, 0.25) is 20.1 Å². The molecule has 13 heteroatoms. The molecule has 0 radical (unpaired) electrons. The number of hydrogen-bond acceptors (Lipinski definition) is 9. The van der Waals surface area contributed by atoms with Crippen molar-refractivity contribution < 1.29 is 19.1 Å². The number of amidine groups is 2. The average Bonchev–Trinajstić information content (AvgIpc) is 3.96. The van der Waals surface area contributed by atoms with Crippen LogP contribution in [0.1, 0.15) is 34.7 Å². The minimum atomic E-state index is -0.502. The molecule has 2 aliphatic rings. The van der Waals surface area contributed by atoms with E-state index in [1.54, 1.807) is 0 Å². The second kappa shape index (κ2) is 19.4. The van der Waals surface area contributed by atoms with Gasteiger partial charge in [-0.1, -0.05) is 74.9 Å². The van der Waals surface area contributed by atoms with E-state index in [4.69, 9.17) is 65.6 Å². The lowest BCUT2D eigenvalue weighted by Crippen LogP contribution is -2.32. The van der Waals surface area contributed by atoms with Crippen molar-refractivity contribution in [3.63, 3.8) is 0 Å². The SMILES string of the molecule is Clc1ccc(C2=NOC(c3ccc(OCCN(CCOc4ccc(C5ON=C(c6ccc(Cl)cc6)N5c5ccc(Cl)cc5)cc4)c4ccccc4)cc3)N2c2ccc(Cl)cc2)cc1. The predicted octanol–water partition coefficient (Wildman–Crippen LogP) is 13.1. The van der Waals surface area contributed by atoms with Gasteiger partial charge in [-0.2, -0.15) is 0 Å². The second-order valence-electron chi connectivity index (χ2n) is 14.6. The number of rotatable bonds is 15. The van der Waals surface area contributed by atoms with Gasteiger partial charge in [0.1, 0.15) is 24.7 Å². The molecule has 0 saturated heterocycles. The average molecular weight is 916 g/mol. The lowest BCUT2D eigenvalue weighted by Gasteiger charge is -2.26. The molecule has 7 aromatic rings. The molecule has 316 valence electrons. The molecule has 0 N–H and O–H groups in total. The Bertz CT molecular complexity index is 2500. The fourth-order valence-electron chi connectivity index (χ4n) is 7.34. The Morgan fingerprint density at radius 1 is 0.444 bits per heavy atom. The van der Waals surface area contributed by atoms with Crippen LogP contribution >= 0.6 is 46.4 Å². The van der Waals surface area contributed by atoms with Crippen LogP contribution in [0.3, 0.4) is 0 Å². The van der Waals surface area contributed by atoms with Gasteiger partial charge >= 0.3 is 0 Å². The van der Waals surface area contributed by atoms with Gasteiger partial charge in [-0.05, 0) is 158 Å². The maximum Gasteiger partial charge on any atom is 0.231 e. The second-order valence-corrected chi connectivity index (χ2v) is 16.4. The number of hydrogen-bond donors (Lipinski definition) is 0. The summed E-state index contributed by atoms with van der Waals surface area (Å²) in [4.78, 5) is 18.4. The first kappa shape index (κ1) is 42.0. The fraction of sp³-hybridized carbons (Fsp3) is 0.120. The van der Waals surface area contributed by atoms with Gasteiger partial charge in [-0.15, -0.1) is 0 Å². The molecular weight excluding hydrogens is 876 g/mol. The molecule has 7 aromatic carbocycles.